The lowest BCUT2D eigenvalue weighted by molar-refractivity contribution is 0.0774. The van der Waals surface area contributed by atoms with Crippen molar-refractivity contribution in [3.05, 3.63) is 77.9 Å². The predicted octanol–water partition coefficient (Wildman–Crippen LogP) is 4.02. The molecule has 1 N–H and O–H groups in total. The summed E-state index contributed by atoms with van der Waals surface area (Å²) in [5.41, 5.74) is -0.00692. The van der Waals surface area contributed by atoms with Gasteiger partial charge in [-0.1, -0.05) is 43.3 Å². The van der Waals surface area contributed by atoms with Crippen LogP contribution in [0.2, 0.25) is 0 Å². The summed E-state index contributed by atoms with van der Waals surface area (Å²) in [4.78, 5) is 4.22. The Morgan fingerprint density at radius 3 is 2.67 bits per heavy atom. The average molecular weight is 281 g/mol. The van der Waals surface area contributed by atoms with Crippen LogP contribution in [-0.2, 0) is 5.60 Å². The molecule has 1 unspecified atom stereocenters. The minimum absolute atomic E-state index is 0.354. The van der Waals surface area contributed by atoms with Crippen LogP contribution in [0, 0.1) is 5.82 Å². The maximum atomic E-state index is 13.5. The first-order valence-corrected chi connectivity index (χ1v) is 6.97. The SMILES string of the molecule is CCC(O)(c1cccc(F)c1)c1cncc2ccccc12. The number of hydrogen-bond acceptors (Lipinski definition) is 2. The molecule has 0 spiro atoms. The maximum absolute atomic E-state index is 13.5. The molecule has 1 heterocycles. The molecule has 106 valence electrons. The van der Waals surface area contributed by atoms with Gasteiger partial charge in [0.25, 0.3) is 0 Å². The molecule has 21 heavy (non-hydrogen) atoms. The minimum Gasteiger partial charge on any atom is -0.380 e. The summed E-state index contributed by atoms with van der Waals surface area (Å²) in [6.07, 6.45) is 3.86. The fraction of sp³-hybridized carbons (Fsp3) is 0.167. The molecule has 0 aliphatic carbocycles. The summed E-state index contributed by atoms with van der Waals surface area (Å²) in [6.45, 7) is 1.88. The number of aliphatic hydroxyl groups is 1. The van der Waals surface area contributed by atoms with Crippen molar-refractivity contribution in [1.82, 2.24) is 4.98 Å². The largest absolute Gasteiger partial charge is 0.380 e. The van der Waals surface area contributed by atoms with E-state index in [4.69, 9.17) is 0 Å². The van der Waals surface area contributed by atoms with Gasteiger partial charge in [0.1, 0.15) is 11.4 Å². The second-order valence-electron chi connectivity index (χ2n) is 5.13. The van der Waals surface area contributed by atoms with Gasteiger partial charge in [0, 0.05) is 23.3 Å². The lowest BCUT2D eigenvalue weighted by Crippen LogP contribution is -2.27. The monoisotopic (exact) mass is 281 g/mol. The van der Waals surface area contributed by atoms with Gasteiger partial charge in [0.15, 0.2) is 0 Å². The van der Waals surface area contributed by atoms with Gasteiger partial charge in [-0.2, -0.15) is 0 Å². The van der Waals surface area contributed by atoms with E-state index in [1.165, 1.54) is 12.1 Å². The minimum atomic E-state index is -1.25. The van der Waals surface area contributed by atoms with Crippen LogP contribution in [0.4, 0.5) is 4.39 Å². The van der Waals surface area contributed by atoms with Crippen molar-refractivity contribution in [2.75, 3.05) is 0 Å². The van der Waals surface area contributed by atoms with Gasteiger partial charge in [0.05, 0.1) is 0 Å². The zero-order valence-electron chi connectivity index (χ0n) is 11.8. The fourth-order valence-corrected chi connectivity index (χ4v) is 2.74. The van der Waals surface area contributed by atoms with E-state index in [1.807, 2.05) is 31.2 Å². The van der Waals surface area contributed by atoms with E-state index in [0.717, 1.165) is 10.8 Å². The first-order chi connectivity index (χ1) is 10.1. The Balaban J connectivity index is 2.27. The third kappa shape index (κ3) is 2.30. The Morgan fingerprint density at radius 2 is 1.90 bits per heavy atom. The normalized spacial score (nSPS) is 14.0. The van der Waals surface area contributed by atoms with Gasteiger partial charge in [-0.15, -0.1) is 0 Å². The van der Waals surface area contributed by atoms with Gasteiger partial charge in [0.2, 0.25) is 0 Å². The molecule has 0 saturated heterocycles. The molecule has 3 heteroatoms. The number of hydrogen-bond donors (Lipinski definition) is 1. The molecule has 2 nitrogen and oxygen atoms in total. The maximum Gasteiger partial charge on any atom is 0.123 e. The van der Waals surface area contributed by atoms with Crippen molar-refractivity contribution < 1.29 is 9.50 Å². The Morgan fingerprint density at radius 1 is 1.10 bits per heavy atom. The first kappa shape index (κ1) is 13.7. The number of nitrogens with zero attached hydrogens (tertiary/aromatic N) is 1. The van der Waals surface area contributed by atoms with Crippen molar-refractivity contribution in [2.45, 2.75) is 18.9 Å². The van der Waals surface area contributed by atoms with Crippen LogP contribution in [0.3, 0.4) is 0 Å². The summed E-state index contributed by atoms with van der Waals surface area (Å²) in [5, 5.41) is 13.1. The number of pyridine rings is 1. The van der Waals surface area contributed by atoms with E-state index in [-0.39, 0.29) is 5.82 Å². The highest BCUT2D eigenvalue weighted by atomic mass is 19.1. The van der Waals surface area contributed by atoms with E-state index in [1.54, 1.807) is 24.5 Å². The molecule has 2 aromatic carbocycles. The molecule has 0 amide bonds. The van der Waals surface area contributed by atoms with Crippen molar-refractivity contribution in [3.8, 4) is 0 Å². The van der Waals surface area contributed by atoms with Gasteiger partial charge < -0.3 is 5.11 Å². The Labute approximate surface area is 122 Å². The molecule has 0 aliphatic heterocycles. The van der Waals surface area contributed by atoms with Crippen molar-refractivity contribution in [2.24, 2.45) is 0 Å². The summed E-state index contributed by atoms with van der Waals surface area (Å²) >= 11 is 0. The first-order valence-electron chi connectivity index (χ1n) is 6.97. The van der Waals surface area contributed by atoms with E-state index in [2.05, 4.69) is 4.98 Å². The van der Waals surface area contributed by atoms with Crippen LogP contribution >= 0.6 is 0 Å². The third-order valence-electron chi connectivity index (χ3n) is 3.93. The van der Waals surface area contributed by atoms with E-state index in [0.29, 0.717) is 17.5 Å². The Bertz CT molecular complexity index is 782. The lowest BCUT2D eigenvalue weighted by atomic mass is 9.83. The molecule has 3 aromatic rings. The van der Waals surface area contributed by atoms with Gasteiger partial charge in [-0.25, -0.2) is 4.39 Å². The van der Waals surface area contributed by atoms with E-state index in [9.17, 15) is 9.50 Å². The zero-order chi connectivity index (χ0) is 14.9. The van der Waals surface area contributed by atoms with Gasteiger partial charge in [-0.05, 0) is 29.5 Å². The molecule has 3 rings (SSSR count). The topological polar surface area (TPSA) is 33.1 Å². The predicted molar refractivity (Wildman–Crippen MR) is 81.4 cm³/mol. The van der Waals surface area contributed by atoms with Crippen LogP contribution in [0.15, 0.2) is 60.9 Å². The third-order valence-corrected chi connectivity index (χ3v) is 3.93. The summed E-state index contributed by atoms with van der Waals surface area (Å²) in [5.74, 6) is -0.354. The molecule has 1 atom stereocenters. The van der Waals surface area contributed by atoms with E-state index >= 15 is 0 Å². The van der Waals surface area contributed by atoms with Crippen molar-refractivity contribution in [3.63, 3.8) is 0 Å². The van der Waals surface area contributed by atoms with Crippen LogP contribution in [0.5, 0.6) is 0 Å². The molecule has 0 bridgehead atoms. The molecule has 0 aliphatic rings. The highest BCUT2D eigenvalue weighted by molar-refractivity contribution is 5.85. The average Bonchev–Trinajstić information content (AvgIpc) is 2.53. The second kappa shape index (κ2) is 5.26. The van der Waals surface area contributed by atoms with Gasteiger partial charge in [-0.3, -0.25) is 4.98 Å². The van der Waals surface area contributed by atoms with Crippen LogP contribution in [-0.4, -0.2) is 10.1 Å². The summed E-state index contributed by atoms with van der Waals surface area (Å²) in [6, 6.07) is 13.9. The molecule has 0 fully saturated rings. The number of fused-ring (bicyclic) bond motifs is 1. The molecular formula is C18H16FNO. The van der Waals surface area contributed by atoms with Crippen LogP contribution in [0.1, 0.15) is 24.5 Å². The second-order valence-corrected chi connectivity index (χ2v) is 5.13. The summed E-state index contributed by atoms with van der Waals surface area (Å²) in [7, 11) is 0. The highest BCUT2D eigenvalue weighted by Crippen LogP contribution is 2.36. The standard InChI is InChI=1S/C18H16FNO/c1-2-18(21,14-7-5-8-15(19)10-14)17-12-20-11-13-6-3-4-9-16(13)17/h3-12,21H,2H2,1H3. The highest BCUT2D eigenvalue weighted by Gasteiger charge is 2.31. The van der Waals surface area contributed by atoms with Crippen molar-refractivity contribution in [1.29, 1.82) is 0 Å². The fourth-order valence-electron chi connectivity index (χ4n) is 2.74. The van der Waals surface area contributed by atoms with E-state index < -0.39 is 5.60 Å². The lowest BCUT2D eigenvalue weighted by Gasteiger charge is -2.29. The smallest absolute Gasteiger partial charge is 0.123 e. The van der Waals surface area contributed by atoms with Crippen molar-refractivity contribution >= 4 is 10.8 Å². The Kier molecular flexibility index (Phi) is 3.43. The number of aromatic nitrogens is 1. The molecule has 0 radical (unpaired) electrons. The number of halogens is 1. The van der Waals surface area contributed by atoms with Gasteiger partial charge >= 0.3 is 0 Å². The number of rotatable bonds is 3. The van der Waals surface area contributed by atoms with Crippen LogP contribution in [0.25, 0.3) is 10.8 Å². The van der Waals surface area contributed by atoms with Crippen LogP contribution < -0.4 is 0 Å². The molecule has 1 aromatic heterocycles. The molecule has 0 saturated carbocycles. The summed E-state index contributed by atoms with van der Waals surface area (Å²) < 4.78 is 13.5. The Hall–Kier alpha value is -2.26. The molecular weight excluding hydrogens is 265 g/mol. The quantitative estimate of drug-likeness (QED) is 0.786. The zero-order valence-corrected chi connectivity index (χ0v) is 11.8. The number of benzene rings is 2.